The summed E-state index contributed by atoms with van der Waals surface area (Å²) in [5.74, 6) is -1.31. The molecule has 0 bridgehead atoms. The lowest BCUT2D eigenvalue weighted by Crippen LogP contribution is -2.33. The monoisotopic (exact) mass is 433 g/mol. The van der Waals surface area contributed by atoms with Gasteiger partial charge in [-0.25, -0.2) is 17.6 Å². The molecule has 1 aromatic heterocycles. The molecule has 3 aromatic rings. The highest BCUT2D eigenvalue weighted by molar-refractivity contribution is 7.92. The van der Waals surface area contributed by atoms with E-state index in [1.807, 2.05) is 12.1 Å². The summed E-state index contributed by atoms with van der Waals surface area (Å²) in [6.07, 6.45) is 2.44. The second-order valence-corrected chi connectivity index (χ2v) is 8.18. The molecule has 2 heterocycles. The number of anilines is 1. The number of nitrogens with one attached hydrogen (secondary N) is 1. The molecule has 11 heteroatoms. The molecular formula is C19H16FN3O6S. The normalized spacial score (nSPS) is 15.6. The number of hydrogen-bond donors (Lipinski definition) is 2. The van der Waals surface area contributed by atoms with Gasteiger partial charge in [-0.3, -0.25) is 9.40 Å². The minimum absolute atomic E-state index is 0.160. The molecule has 1 aliphatic heterocycles. The molecule has 9 nitrogen and oxygen atoms in total. The van der Waals surface area contributed by atoms with Gasteiger partial charge in [0.05, 0.1) is 28.9 Å². The molecule has 4 rings (SSSR count). The lowest BCUT2D eigenvalue weighted by atomic mass is 10.2. The van der Waals surface area contributed by atoms with Gasteiger partial charge >= 0.3 is 5.97 Å². The van der Waals surface area contributed by atoms with E-state index < -0.39 is 27.4 Å². The van der Waals surface area contributed by atoms with Crippen molar-refractivity contribution < 1.29 is 32.2 Å². The maximum atomic E-state index is 13.5. The van der Waals surface area contributed by atoms with Crippen LogP contribution in [0.5, 0.6) is 11.5 Å². The van der Waals surface area contributed by atoms with Gasteiger partial charge in [0.25, 0.3) is 10.0 Å². The van der Waals surface area contributed by atoms with Crippen LogP contribution in [0.15, 0.2) is 59.8 Å². The van der Waals surface area contributed by atoms with Gasteiger partial charge in [0.1, 0.15) is 12.4 Å². The summed E-state index contributed by atoms with van der Waals surface area (Å²) >= 11 is 0. The molecule has 156 valence electrons. The van der Waals surface area contributed by atoms with E-state index in [2.05, 4.69) is 9.82 Å². The zero-order valence-corrected chi connectivity index (χ0v) is 16.2. The summed E-state index contributed by atoms with van der Waals surface area (Å²) in [5.41, 5.74) is -0.573. The molecule has 2 N–H and O–H groups in total. The Morgan fingerprint density at radius 2 is 2.03 bits per heavy atom. The predicted molar refractivity (Wildman–Crippen MR) is 103 cm³/mol. The van der Waals surface area contributed by atoms with Crippen molar-refractivity contribution in [3.63, 3.8) is 0 Å². The Bertz CT molecular complexity index is 1210. The van der Waals surface area contributed by atoms with Crippen molar-refractivity contribution in [1.29, 1.82) is 0 Å². The number of halogens is 1. The van der Waals surface area contributed by atoms with Gasteiger partial charge in [0, 0.05) is 6.20 Å². The van der Waals surface area contributed by atoms with Crippen LogP contribution in [0, 0.1) is 5.82 Å². The number of carboxylic acids is 1. The van der Waals surface area contributed by atoms with E-state index in [1.165, 1.54) is 17.1 Å². The van der Waals surface area contributed by atoms with Gasteiger partial charge in [0.2, 0.25) is 0 Å². The number of aromatic nitrogens is 2. The van der Waals surface area contributed by atoms with Gasteiger partial charge in [-0.1, -0.05) is 12.1 Å². The average molecular weight is 433 g/mol. The molecule has 1 atom stereocenters. The van der Waals surface area contributed by atoms with Crippen LogP contribution in [0.2, 0.25) is 0 Å². The SMILES string of the molecule is O=C(O)c1cc(S(=O)(=O)Nc2cnn(CC3COc4ccccc4O3)c2)ccc1F. The van der Waals surface area contributed by atoms with E-state index in [0.29, 0.717) is 24.7 Å². The van der Waals surface area contributed by atoms with Gasteiger partial charge < -0.3 is 14.6 Å². The van der Waals surface area contributed by atoms with Gasteiger partial charge in [-0.05, 0) is 30.3 Å². The fourth-order valence-corrected chi connectivity index (χ4v) is 3.98. The summed E-state index contributed by atoms with van der Waals surface area (Å²) < 4.78 is 53.8. The Hall–Kier alpha value is -3.60. The molecule has 0 spiro atoms. The Labute approximate surface area is 170 Å². The van der Waals surface area contributed by atoms with E-state index in [1.54, 1.807) is 12.1 Å². The molecule has 0 saturated heterocycles. The van der Waals surface area contributed by atoms with E-state index in [9.17, 15) is 17.6 Å². The Balaban J connectivity index is 1.46. The number of benzene rings is 2. The summed E-state index contributed by atoms with van der Waals surface area (Å²) in [4.78, 5) is 10.7. The number of para-hydroxylation sites is 2. The number of sulfonamides is 1. The molecule has 0 amide bonds. The van der Waals surface area contributed by atoms with Crippen LogP contribution in [0.1, 0.15) is 10.4 Å². The molecule has 0 saturated carbocycles. The van der Waals surface area contributed by atoms with E-state index >= 15 is 0 Å². The third-order valence-corrected chi connectivity index (χ3v) is 5.70. The predicted octanol–water partition coefficient (Wildman–Crippen LogP) is 2.36. The lowest BCUT2D eigenvalue weighted by Gasteiger charge is -2.26. The van der Waals surface area contributed by atoms with Crippen molar-refractivity contribution in [3.05, 3.63) is 66.2 Å². The molecule has 0 radical (unpaired) electrons. The van der Waals surface area contributed by atoms with Crippen LogP contribution in [-0.2, 0) is 16.6 Å². The number of nitrogens with zero attached hydrogens (tertiary/aromatic N) is 2. The Kier molecular flexibility index (Phi) is 5.04. The zero-order chi connectivity index (χ0) is 21.3. The maximum absolute atomic E-state index is 13.5. The standard InChI is InChI=1S/C19H16FN3O6S/c20-16-6-5-14(7-15(16)19(24)25)30(26,27)22-12-8-21-23(9-12)10-13-11-28-17-3-1-2-4-18(17)29-13/h1-9,13,22H,10-11H2,(H,24,25). The molecule has 0 fully saturated rings. The van der Waals surface area contributed by atoms with E-state index in [4.69, 9.17) is 14.6 Å². The number of hydrogen-bond acceptors (Lipinski definition) is 6. The maximum Gasteiger partial charge on any atom is 0.338 e. The second-order valence-electron chi connectivity index (χ2n) is 6.50. The first-order valence-electron chi connectivity index (χ1n) is 8.78. The summed E-state index contributed by atoms with van der Waals surface area (Å²) in [7, 11) is -4.14. The van der Waals surface area contributed by atoms with Crippen molar-refractivity contribution in [2.24, 2.45) is 0 Å². The lowest BCUT2D eigenvalue weighted by molar-refractivity contribution is 0.0691. The van der Waals surface area contributed by atoms with Gasteiger partial charge in [-0.15, -0.1) is 0 Å². The van der Waals surface area contributed by atoms with Crippen molar-refractivity contribution >= 4 is 21.7 Å². The van der Waals surface area contributed by atoms with Crippen LogP contribution in [0.4, 0.5) is 10.1 Å². The van der Waals surface area contributed by atoms with Crippen LogP contribution >= 0.6 is 0 Å². The highest BCUT2D eigenvalue weighted by atomic mass is 32.2. The Morgan fingerprint density at radius 1 is 1.27 bits per heavy atom. The van der Waals surface area contributed by atoms with Crippen molar-refractivity contribution in [2.45, 2.75) is 17.5 Å². The van der Waals surface area contributed by atoms with Crippen molar-refractivity contribution in [3.8, 4) is 11.5 Å². The van der Waals surface area contributed by atoms with E-state index in [0.717, 1.165) is 18.2 Å². The number of carbonyl (C=O) groups is 1. The summed E-state index contributed by atoms with van der Waals surface area (Å²) in [6.45, 7) is 0.626. The molecule has 1 unspecified atom stereocenters. The van der Waals surface area contributed by atoms with Gasteiger partial charge in [-0.2, -0.15) is 5.10 Å². The minimum Gasteiger partial charge on any atom is -0.486 e. The third-order valence-electron chi connectivity index (χ3n) is 4.32. The summed E-state index contributed by atoms with van der Waals surface area (Å²) in [6, 6.07) is 9.80. The zero-order valence-electron chi connectivity index (χ0n) is 15.4. The van der Waals surface area contributed by atoms with Crippen molar-refractivity contribution in [1.82, 2.24) is 9.78 Å². The number of aromatic carboxylic acids is 1. The summed E-state index contributed by atoms with van der Waals surface area (Å²) in [5, 5.41) is 13.1. The topological polar surface area (TPSA) is 120 Å². The highest BCUT2D eigenvalue weighted by Gasteiger charge is 2.23. The molecule has 1 aliphatic rings. The fourth-order valence-electron chi connectivity index (χ4n) is 2.93. The highest BCUT2D eigenvalue weighted by Crippen LogP contribution is 2.31. The average Bonchev–Trinajstić information content (AvgIpc) is 3.13. The largest absolute Gasteiger partial charge is 0.486 e. The molecule has 0 aliphatic carbocycles. The Morgan fingerprint density at radius 3 is 2.80 bits per heavy atom. The first-order valence-corrected chi connectivity index (χ1v) is 10.3. The third kappa shape index (κ3) is 4.06. The quantitative estimate of drug-likeness (QED) is 0.612. The number of carboxylic acid groups (broad SMARTS) is 1. The first-order chi connectivity index (χ1) is 14.3. The van der Waals surface area contributed by atoms with Crippen LogP contribution in [-0.4, -0.2) is 42.0 Å². The molecule has 30 heavy (non-hydrogen) atoms. The van der Waals surface area contributed by atoms with Crippen molar-refractivity contribution in [2.75, 3.05) is 11.3 Å². The van der Waals surface area contributed by atoms with Crippen LogP contribution in [0.3, 0.4) is 0 Å². The molecule has 2 aromatic carbocycles. The minimum atomic E-state index is -4.14. The second kappa shape index (κ2) is 7.67. The van der Waals surface area contributed by atoms with Gasteiger partial charge in [0.15, 0.2) is 17.6 Å². The van der Waals surface area contributed by atoms with E-state index in [-0.39, 0.29) is 16.7 Å². The smallest absolute Gasteiger partial charge is 0.338 e. The number of rotatable bonds is 6. The van der Waals surface area contributed by atoms with Crippen LogP contribution in [0.25, 0.3) is 0 Å². The number of fused-ring (bicyclic) bond motifs is 1. The first kappa shape index (κ1) is 19.7. The van der Waals surface area contributed by atoms with Crippen LogP contribution < -0.4 is 14.2 Å². The fraction of sp³-hybridized carbons (Fsp3) is 0.158. The molecular weight excluding hydrogens is 417 g/mol. The number of ether oxygens (including phenoxy) is 2.